The van der Waals surface area contributed by atoms with Crippen LogP contribution in [-0.4, -0.2) is 30.6 Å². The Morgan fingerprint density at radius 2 is 2.15 bits per heavy atom. The molecule has 0 aliphatic rings. The molecule has 0 spiro atoms. The number of nitrogens with zero attached hydrogens (tertiary/aromatic N) is 4. The topological polar surface area (TPSA) is 100 Å². The summed E-state index contributed by atoms with van der Waals surface area (Å²) in [5.74, 6) is 0.398. The number of H-pyrrole nitrogens is 2. The zero-order valence-corrected chi connectivity index (χ0v) is 10.0. The monoisotopic (exact) mass is 262 g/mol. The molecular formula is C13H6N6O. The summed E-state index contributed by atoms with van der Waals surface area (Å²) in [5.41, 5.74) is 1.06. The molecule has 0 saturated carbocycles. The second-order valence-corrected chi connectivity index (χ2v) is 4.21. The molecule has 7 heteroatoms. The number of tetrazole rings is 1. The summed E-state index contributed by atoms with van der Waals surface area (Å²) in [7, 11) is 0. The highest BCUT2D eigenvalue weighted by Crippen LogP contribution is 2.21. The molecule has 1 aromatic carbocycles. The van der Waals surface area contributed by atoms with Crippen LogP contribution in [0.1, 0.15) is 0 Å². The average molecular weight is 262 g/mol. The molecule has 94 valence electrons. The number of fused-ring (bicyclic) bond motifs is 3. The Hall–Kier alpha value is -3.27. The van der Waals surface area contributed by atoms with E-state index < -0.39 is 0 Å². The highest BCUT2D eigenvalue weighted by Gasteiger charge is 2.08. The maximum Gasteiger partial charge on any atom is 0.256 e. The van der Waals surface area contributed by atoms with Crippen LogP contribution in [0.25, 0.3) is 33.1 Å². The lowest BCUT2D eigenvalue weighted by Gasteiger charge is -2.00. The van der Waals surface area contributed by atoms with Crippen molar-refractivity contribution in [1.82, 2.24) is 30.6 Å². The lowest BCUT2D eigenvalue weighted by Crippen LogP contribution is -2.06. The lowest BCUT2D eigenvalue weighted by molar-refractivity contribution is 0.881. The normalized spacial score (nSPS) is 10.8. The SMILES string of the molecule is O=c1[nH]c2cc(-c3nn[nH]n3)c#cc2c2cnccc12. The first-order valence-corrected chi connectivity index (χ1v) is 5.80. The van der Waals surface area contributed by atoms with Gasteiger partial charge in [-0.25, -0.2) is 0 Å². The second-order valence-electron chi connectivity index (χ2n) is 4.21. The van der Waals surface area contributed by atoms with E-state index in [1.807, 2.05) is 0 Å². The summed E-state index contributed by atoms with van der Waals surface area (Å²) in [4.78, 5) is 18.9. The van der Waals surface area contributed by atoms with E-state index in [4.69, 9.17) is 0 Å². The van der Waals surface area contributed by atoms with Gasteiger partial charge in [-0.1, -0.05) is 12.1 Å². The summed E-state index contributed by atoms with van der Waals surface area (Å²) in [5, 5.41) is 15.7. The molecule has 0 fully saturated rings. The van der Waals surface area contributed by atoms with Crippen LogP contribution >= 0.6 is 0 Å². The summed E-state index contributed by atoms with van der Waals surface area (Å²) in [6.07, 6.45) is 3.23. The van der Waals surface area contributed by atoms with Crippen LogP contribution in [0.4, 0.5) is 0 Å². The van der Waals surface area contributed by atoms with Crippen LogP contribution in [0.3, 0.4) is 0 Å². The molecule has 0 unspecified atom stereocenters. The zero-order chi connectivity index (χ0) is 13.5. The van der Waals surface area contributed by atoms with E-state index in [2.05, 4.69) is 42.7 Å². The van der Waals surface area contributed by atoms with Crippen LogP contribution in [0, 0.1) is 12.1 Å². The molecule has 7 nitrogen and oxygen atoms in total. The van der Waals surface area contributed by atoms with E-state index in [-0.39, 0.29) is 5.56 Å². The van der Waals surface area contributed by atoms with Crippen molar-refractivity contribution < 1.29 is 0 Å². The van der Waals surface area contributed by atoms with Crippen LogP contribution < -0.4 is 5.56 Å². The standard InChI is InChI=1S/C13H6N6O/c20-13-9-3-4-14-6-10(9)8-2-1-7(5-11(8)15-13)12-16-18-19-17-12/h3-6H,(H,15,20)(H,16,17,18,19). The summed E-state index contributed by atoms with van der Waals surface area (Å²) in [6.45, 7) is 0. The Kier molecular flexibility index (Phi) is 2.05. The first-order valence-electron chi connectivity index (χ1n) is 5.80. The Labute approximate surface area is 111 Å². The number of rotatable bonds is 1. The predicted octanol–water partition coefficient (Wildman–Crippen LogP) is 0.857. The predicted molar refractivity (Wildman–Crippen MR) is 70.7 cm³/mol. The van der Waals surface area contributed by atoms with E-state index in [9.17, 15) is 4.79 Å². The molecule has 2 N–H and O–H groups in total. The van der Waals surface area contributed by atoms with Crippen LogP contribution in [0.5, 0.6) is 0 Å². The fourth-order valence-corrected chi connectivity index (χ4v) is 2.14. The van der Waals surface area contributed by atoms with Gasteiger partial charge in [0.15, 0.2) is 0 Å². The molecule has 4 aromatic rings. The third kappa shape index (κ3) is 1.45. The molecule has 4 rings (SSSR count). The van der Waals surface area contributed by atoms with Crippen molar-refractivity contribution in [3.8, 4) is 11.4 Å². The molecule has 20 heavy (non-hydrogen) atoms. The van der Waals surface area contributed by atoms with Gasteiger partial charge in [0, 0.05) is 17.8 Å². The van der Waals surface area contributed by atoms with E-state index in [1.54, 1.807) is 24.5 Å². The quantitative estimate of drug-likeness (QED) is 0.530. The molecule has 0 aliphatic heterocycles. The minimum atomic E-state index is -0.173. The van der Waals surface area contributed by atoms with Gasteiger partial charge in [-0.3, -0.25) is 9.78 Å². The number of hydrogen-bond donors (Lipinski definition) is 2. The number of aromatic amines is 2. The third-order valence-electron chi connectivity index (χ3n) is 3.05. The average Bonchev–Trinajstić information content (AvgIpc) is 3.01. The van der Waals surface area contributed by atoms with E-state index in [1.165, 1.54) is 0 Å². The first kappa shape index (κ1) is 10.6. The van der Waals surface area contributed by atoms with Crippen molar-refractivity contribution in [2.75, 3.05) is 0 Å². The molecule has 3 heterocycles. The van der Waals surface area contributed by atoms with E-state index in [0.717, 1.165) is 10.8 Å². The highest BCUT2D eigenvalue weighted by atomic mass is 16.1. The van der Waals surface area contributed by atoms with Gasteiger partial charge in [-0.15, -0.1) is 10.2 Å². The molecular weight excluding hydrogens is 256 g/mol. The smallest absolute Gasteiger partial charge is 0.256 e. The Balaban J connectivity index is 2.10. The molecule has 0 aliphatic carbocycles. The fourth-order valence-electron chi connectivity index (χ4n) is 2.14. The van der Waals surface area contributed by atoms with Crippen molar-refractivity contribution >= 4 is 21.7 Å². The van der Waals surface area contributed by atoms with Crippen LogP contribution in [0.15, 0.2) is 29.3 Å². The van der Waals surface area contributed by atoms with Crippen LogP contribution in [0.2, 0.25) is 0 Å². The van der Waals surface area contributed by atoms with Crippen molar-refractivity contribution in [2.24, 2.45) is 0 Å². The molecule has 0 saturated heterocycles. The van der Waals surface area contributed by atoms with Gasteiger partial charge >= 0.3 is 0 Å². The van der Waals surface area contributed by atoms with Crippen LogP contribution in [-0.2, 0) is 0 Å². The minimum absolute atomic E-state index is 0.173. The lowest BCUT2D eigenvalue weighted by atomic mass is 10.1. The Bertz CT molecular complexity index is 973. The number of aromatic nitrogens is 6. The van der Waals surface area contributed by atoms with E-state index in [0.29, 0.717) is 22.3 Å². The number of pyridine rings is 2. The van der Waals surface area contributed by atoms with Gasteiger partial charge in [-0.2, -0.15) is 5.21 Å². The number of nitrogens with one attached hydrogen (secondary N) is 2. The van der Waals surface area contributed by atoms with Gasteiger partial charge in [-0.05, 0) is 17.3 Å². The van der Waals surface area contributed by atoms with Crippen molar-refractivity contribution in [3.63, 3.8) is 0 Å². The van der Waals surface area contributed by atoms with Crippen molar-refractivity contribution in [3.05, 3.63) is 47.0 Å². The highest BCUT2D eigenvalue weighted by molar-refractivity contribution is 6.04. The maximum atomic E-state index is 12.0. The summed E-state index contributed by atoms with van der Waals surface area (Å²) in [6, 6.07) is 9.40. The van der Waals surface area contributed by atoms with Gasteiger partial charge in [0.25, 0.3) is 5.56 Å². The van der Waals surface area contributed by atoms with Crippen molar-refractivity contribution in [1.29, 1.82) is 0 Å². The third-order valence-corrected chi connectivity index (χ3v) is 3.05. The first-order chi connectivity index (χ1) is 9.83. The molecule has 3 aromatic heterocycles. The summed E-state index contributed by atoms with van der Waals surface area (Å²) >= 11 is 0. The van der Waals surface area contributed by atoms with Gasteiger partial charge in [0.2, 0.25) is 5.82 Å². The fraction of sp³-hybridized carbons (Fsp3) is 0. The molecule has 0 bridgehead atoms. The van der Waals surface area contributed by atoms with Gasteiger partial charge in [0.1, 0.15) is 0 Å². The largest absolute Gasteiger partial charge is 0.321 e. The second kappa shape index (κ2) is 3.86. The molecule has 0 atom stereocenters. The molecule has 0 amide bonds. The zero-order valence-electron chi connectivity index (χ0n) is 10.0. The molecule has 0 radical (unpaired) electrons. The summed E-state index contributed by atoms with van der Waals surface area (Å²) < 4.78 is 0. The number of hydrogen-bond acceptors (Lipinski definition) is 5. The maximum absolute atomic E-state index is 12.0. The minimum Gasteiger partial charge on any atom is -0.321 e. The Morgan fingerprint density at radius 1 is 1.20 bits per heavy atom. The van der Waals surface area contributed by atoms with Gasteiger partial charge < -0.3 is 4.98 Å². The van der Waals surface area contributed by atoms with Crippen molar-refractivity contribution in [2.45, 2.75) is 0 Å². The van der Waals surface area contributed by atoms with Gasteiger partial charge in [0.05, 0.1) is 21.9 Å². The Morgan fingerprint density at radius 3 is 3.00 bits per heavy atom. The van der Waals surface area contributed by atoms with E-state index >= 15 is 0 Å².